The molecule has 3 heterocycles. The number of carbonyl (C=O) groups excluding carboxylic acids is 2. The van der Waals surface area contributed by atoms with Crippen molar-refractivity contribution in [3.63, 3.8) is 0 Å². The Morgan fingerprint density at radius 2 is 1.87 bits per heavy atom. The Morgan fingerprint density at radius 3 is 2.53 bits per heavy atom. The average Bonchev–Trinajstić information content (AvgIpc) is 3.48. The van der Waals surface area contributed by atoms with Gasteiger partial charge >= 0.3 is 0 Å². The van der Waals surface area contributed by atoms with Gasteiger partial charge in [0, 0.05) is 16.6 Å². The van der Waals surface area contributed by atoms with Gasteiger partial charge in [0.25, 0.3) is 11.8 Å². The van der Waals surface area contributed by atoms with Crippen LogP contribution in [0.2, 0.25) is 0 Å². The molecular weight excluding hydrogens is 404 g/mol. The fraction of sp³-hybridized carbons (Fsp3) is 0.143. The van der Waals surface area contributed by atoms with E-state index in [-0.39, 0.29) is 18.4 Å². The SMILES string of the molecule is Cc1nc(C(=O)NCc2nc(-c3ccc(NC(=O)c4ccoc4)cc3)oc2C)cs1. The number of amides is 2. The summed E-state index contributed by atoms with van der Waals surface area (Å²) >= 11 is 1.43. The highest BCUT2D eigenvalue weighted by Gasteiger charge is 2.15. The van der Waals surface area contributed by atoms with Crippen molar-refractivity contribution < 1.29 is 18.4 Å². The maximum Gasteiger partial charge on any atom is 0.271 e. The zero-order valence-electron chi connectivity index (χ0n) is 16.3. The van der Waals surface area contributed by atoms with Crippen molar-refractivity contribution in [3.05, 3.63) is 76.0 Å². The van der Waals surface area contributed by atoms with Crippen molar-refractivity contribution in [1.29, 1.82) is 0 Å². The van der Waals surface area contributed by atoms with Crippen molar-refractivity contribution in [2.45, 2.75) is 20.4 Å². The summed E-state index contributed by atoms with van der Waals surface area (Å²) in [6.07, 6.45) is 2.83. The predicted octanol–water partition coefficient (Wildman–Crippen LogP) is 4.19. The zero-order chi connectivity index (χ0) is 21.1. The predicted molar refractivity (Wildman–Crippen MR) is 111 cm³/mol. The molecule has 30 heavy (non-hydrogen) atoms. The van der Waals surface area contributed by atoms with Gasteiger partial charge in [0.05, 0.1) is 23.4 Å². The molecule has 0 aliphatic rings. The number of hydrogen-bond acceptors (Lipinski definition) is 7. The lowest BCUT2D eigenvalue weighted by atomic mass is 10.2. The summed E-state index contributed by atoms with van der Waals surface area (Å²) in [6, 6.07) is 8.72. The topological polar surface area (TPSA) is 110 Å². The molecule has 2 amide bonds. The quantitative estimate of drug-likeness (QED) is 0.482. The number of anilines is 1. The van der Waals surface area contributed by atoms with Crippen molar-refractivity contribution in [2.75, 3.05) is 5.32 Å². The molecule has 4 aromatic rings. The van der Waals surface area contributed by atoms with Crippen LogP contribution in [0.25, 0.3) is 11.5 Å². The normalized spacial score (nSPS) is 10.7. The molecule has 0 saturated heterocycles. The number of benzene rings is 1. The highest BCUT2D eigenvalue weighted by molar-refractivity contribution is 7.09. The Hall–Kier alpha value is -3.72. The minimum Gasteiger partial charge on any atom is -0.472 e. The lowest BCUT2D eigenvalue weighted by Crippen LogP contribution is -2.23. The Bertz CT molecular complexity index is 1180. The van der Waals surface area contributed by atoms with E-state index in [4.69, 9.17) is 8.83 Å². The molecule has 0 aliphatic carbocycles. The summed E-state index contributed by atoms with van der Waals surface area (Å²) in [4.78, 5) is 32.9. The largest absolute Gasteiger partial charge is 0.472 e. The summed E-state index contributed by atoms with van der Waals surface area (Å²) < 4.78 is 10.7. The number of nitrogens with one attached hydrogen (secondary N) is 2. The lowest BCUT2D eigenvalue weighted by Gasteiger charge is -2.04. The van der Waals surface area contributed by atoms with E-state index in [1.165, 1.54) is 23.9 Å². The van der Waals surface area contributed by atoms with E-state index >= 15 is 0 Å². The van der Waals surface area contributed by atoms with Gasteiger partial charge in [-0.1, -0.05) is 0 Å². The third kappa shape index (κ3) is 4.31. The summed E-state index contributed by atoms with van der Waals surface area (Å²) in [5.41, 5.74) is 2.88. The van der Waals surface area contributed by atoms with Crippen LogP contribution in [-0.2, 0) is 6.54 Å². The van der Waals surface area contributed by atoms with E-state index < -0.39 is 0 Å². The number of aryl methyl sites for hydroxylation is 2. The minimum atomic E-state index is -0.253. The van der Waals surface area contributed by atoms with E-state index in [9.17, 15) is 9.59 Å². The van der Waals surface area contributed by atoms with E-state index in [1.54, 1.807) is 42.6 Å². The first-order valence-electron chi connectivity index (χ1n) is 9.10. The first-order chi connectivity index (χ1) is 14.5. The van der Waals surface area contributed by atoms with Crippen LogP contribution in [-0.4, -0.2) is 21.8 Å². The van der Waals surface area contributed by atoms with Crippen LogP contribution in [0.15, 0.2) is 57.1 Å². The van der Waals surface area contributed by atoms with Crippen molar-refractivity contribution in [2.24, 2.45) is 0 Å². The Kier molecular flexibility index (Phi) is 5.44. The summed E-state index contributed by atoms with van der Waals surface area (Å²) in [5.74, 6) is 0.559. The smallest absolute Gasteiger partial charge is 0.271 e. The molecule has 1 aromatic carbocycles. The molecule has 4 rings (SSSR count). The fourth-order valence-electron chi connectivity index (χ4n) is 2.73. The molecular formula is C21H18N4O4S. The third-order valence-corrected chi connectivity index (χ3v) is 5.11. The van der Waals surface area contributed by atoms with Gasteiger partial charge in [-0.05, 0) is 44.2 Å². The Morgan fingerprint density at radius 1 is 1.07 bits per heavy atom. The summed E-state index contributed by atoms with van der Waals surface area (Å²) in [5, 5.41) is 8.15. The maximum atomic E-state index is 12.2. The molecule has 152 valence electrons. The van der Waals surface area contributed by atoms with E-state index in [1.807, 2.05) is 6.92 Å². The van der Waals surface area contributed by atoms with Crippen molar-refractivity contribution >= 4 is 28.8 Å². The van der Waals surface area contributed by atoms with Crippen molar-refractivity contribution in [1.82, 2.24) is 15.3 Å². The second-order valence-corrected chi connectivity index (χ2v) is 7.56. The molecule has 0 atom stereocenters. The maximum absolute atomic E-state index is 12.2. The van der Waals surface area contributed by atoms with E-state index in [0.29, 0.717) is 34.3 Å². The van der Waals surface area contributed by atoms with Gasteiger partial charge < -0.3 is 19.5 Å². The zero-order valence-corrected chi connectivity index (χ0v) is 17.1. The van der Waals surface area contributed by atoms with E-state index in [2.05, 4.69) is 20.6 Å². The van der Waals surface area contributed by atoms with Gasteiger partial charge in [-0.3, -0.25) is 9.59 Å². The van der Waals surface area contributed by atoms with Crippen LogP contribution < -0.4 is 10.6 Å². The fourth-order valence-corrected chi connectivity index (χ4v) is 3.32. The number of hydrogen-bond donors (Lipinski definition) is 2. The number of aromatic nitrogens is 2. The number of nitrogens with zero attached hydrogens (tertiary/aromatic N) is 2. The number of oxazole rings is 1. The second-order valence-electron chi connectivity index (χ2n) is 6.50. The molecule has 0 radical (unpaired) electrons. The van der Waals surface area contributed by atoms with E-state index in [0.717, 1.165) is 10.6 Å². The van der Waals surface area contributed by atoms with Gasteiger partial charge in [-0.2, -0.15) is 0 Å². The van der Waals surface area contributed by atoms with Crippen LogP contribution in [0.1, 0.15) is 37.3 Å². The second kappa shape index (κ2) is 8.34. The Labute approximate surface area is 176 Å². The molecule has 0 aliphatic heterocycles. The van der Waals surface area contributed by atoms with Crippen LogP contribution >= 0.6 is 11.3 Å². The third-order valence-electron chi connectivity index (χ3n) is 4.33. The number of thiazole rings is 1. The molecule has 2 N–H and O–H groups in total. The average molecular weight is 422 g/mol. The van der Waals surface area contributed by atoms with Crippen LogP contribution in [0.5, 0.6) is 0 Å². The minimum absolute atomic E-state index is 0.240. The number of furan rings is 1. The first-order valence-corrected chi connectivity index (χ1v) is 9.98. The number of rotatable bonds is 6. The van der Waals surface area contributed by atoms with Crippen LogP contribution in [0.4, 0.5) is 5.69 Å². The van der Waals surface area contributed by atoms with Gasteiger partial charge in [0.2, 0.25) is 5.89 Å². The molecule has 3 aromatic heterocycles. The first kappa shape index (κ1) is 19.6. The van der Waals surface area contributed by atoms with Gasteiger partial charge in [0.1, 0.15) is 23.4 Å². The summed E-state index contributed by atoms with van der Waals surface area (Å²) in [7, 11) is 0. The molecule has 0 unspecified atom stereocenters. The molecule has 0 fully saturated rings. The highest BCUT2D eigenvalue weighted by Crippen LogP contribution is 2.24. The van der Waals surface area contributed by atoms with Gasteiger partial charge in [-0.15, -0.1) is 11.3 Å². The van der Waals surface area contributed by atoms with Crippen LogP contribution in [0.3, 0.4) is 0 Å². The van der Waals surface area contributed by atoms with Gasteiger partial charge in [0.15, 0.2) is 0 Å². The molecule has 8 nitrogen and oxygen atoms in total. The number of carbonyl (C=O) groups is 2. The van der Waals surface area contributed by atoms with Gasteiger partial charge in [-0.25, -0.2) is 9.97 Å². The molecule has 0 spiro atoms. The van der Waals surface area contributed by atoms with Crippen molar-refractivity contribution in [3.8, 4) is 11.5 Å². The lowest BCUT2D eigenvalue weighted by molar-refractivity contribution is 0.0945. The molecule has 0 bridgehead atoms. The summed E-state index contributed by atoms with van der Waals surface area (Å²) in [6.45, 7) is 3.89. The molecule has 9 heteroatoms. The monoisotopic (exact) mass is 422 g/mol. The highest BCUT2D eigenvalue weighted by atomic mass is 32.1. The standard InChI is InChI=1S/C21H18N4O4S/c1-12-17(9-22-20(27)18-11-30-13(2)23-18)25-21(29-12)14-3-5-16(6-4-14)24-19(26)15-7-8-28-10-15/h3-8,10-11H,9H2,1-2H3,(H,22,27)(H,24,26). The van der Waals surface area contributed by atoms with Crippen LogP contribution in [0, 0.1) is 13.8 Å². The Balaban J connectivity index is 1.41. The molecule has 0 saturated carbocycles.